The molecule has 1 aliphatic heterocycles. The maximum atomic E-state index is 9.34. The van der Waals surface area contributed by atoms with Crippen molar-refractivity contribution in [3.8, 4) is 0 Å². The topological polar surface area (TPSA) is 38.7 Å². The largest absolute Gasteiger partial charge is 0.396 e. The van der Waals surface area contributed by atoms with E-state index in [-0.39, 0.29) is 23.7 Å². The lowest BCUT2D eigenvalue weighted by atomic mass is 9.93. The van der Waals surface area contributed by atoms with Crippen LogP contribution in [0.15, 0.2) is 0 Å². The van der Waals surface area contributed by atoms with Gasteiger partial charge in [0, 0.05) is 24.3 Å². The first-order valence-corrected chi connectivity index (χ1v) is 5.73. The molecule has 3 rings (SSSR count). The smallest absolute Gasteiger partial charge is 0.172 e. The van der Waals surface area contributed by atoms with Gasteiger partial charge in [-0.1, -0.05) is 0 Å². The summed E-state index contributed by atoms with van der Waals surface area (Å²) in [5, 5.41) is 9.54. The Hall–Kier alpha value is 0.170. The highest BCUT2D eigenvalue weighted by Gasteiger charge is 2.63. The molecule has 2 bridgehead atoms. The molecule has 1 N–H and O–H groups in total. The van der Waals surface area contributed by atoms with Crippen LogP contribution in [-0.4, -0.2) is 36.1 Å². The molecular formula is C10H15ClO3. The van der Waals surface area contributed by atoms with E-state index < -0.39 is 0 Å². The number of halogens is 1. The van der Waals surface area contributed by atoms with Gasteiger partial charge in [-0.3, -0.25) is 0 Å². The fourth-order valence-corrected chi connectivity index (χ4v) is 3.96. The second kappa shape index (κ2) is 3.08. The third kappa shape index (κ3) is 1.04. The Morgan fingerprint density at radius 3 is 2.64 bits per heavy atom. The molecule has 1 heterocycles. The van der Waals surface area contributed by atoms with Crippen molar-refractivity contribution >= 4 is 11.6 Å². The number of ether oxygens (including phenoxy) is 2. The van der Waals surface area contributed by atoms with Crippen LogP contribution in [0.25, 0.3) is 0 Å². The maximum Gasteiger partial charge on any atom is 0.172 e. The Kier molecular flexibility index (Phi) is 2.07. The summed E-state index contributed by atoms with van der Waals surface area (Å²) in [4.78, 5) is 0. The summed E-state index contributed by atoms with van der Waals surface area (Å²) in [6.45, 7) is 1.59. The van der Waals surface area contributed by atoms with E-state index in [4.69, 9.17) is 21.1 Å². The van der Waals surface area contributed by atoms with Crippen LogP contribution in [0.2, 0.25) is 0 Å². The number of hydrogen-bond donors (Lipinski definition) is 1. The summed E-state index contributed by atoms with van der Waals surface area (Å²) in [6, 6.07) is 0. The van der Waals surface area contributed by atoms with E-state index in [1.165, 1.54) is 0 Å². The van der Waals surface area contributed by atoms with Crippen LogP contribution < -0.4 is 0 Å². The zero-order valence-electron chi connectivity index (χ0n) is 7.99. The van der Waals surface area contributed by atoms with Crippen molar-refractivity contribution < 1.29 is 14.6 Å². The molecule has 4 atom stereocenters. The third-order valence-electron chi connectivity index (χ3n) is 4.08. The molecule has 0 aromatic rings. The highest BCUT2D eigenvalue weighted by molar-refractivity contribution is 6.21. The molecule has 14 heavy (non-hydrogen) atoms. The molecule has 1 spiro atoms. The van der Waals surface area contributed by atoms with Crippen molar-refractivity contribution in [2.75, 3.05) is 19.8 Å². The van der Waals surface area contributed by atoms with E-state index in [9.17, 15) is 5.11 Å². The lowest BCUT2D eigenvalue weighted by molar-refractivity contribution is -0.193. The second-order valence-electron chi connectivity index (χ2n) is 4.58. The van der Waals surface area contributed by atoms with Gasteiger partial charge in [-0.25, -0.2) is 0 Å². The van der Waals surface area contributed by atoms with E-state index in [0.717, 1.165) is 12.8 Å². The summed E-state index contributed by atoms with van der Waals surface area (Å²) in [7, 11) is 0. The van der Waals surface area contributed by atoms with Crippen LogP contribution in [0.4, 0.5) is 0 Å². The van der Waals surface area contributed by atoms with Gasteiger partial charge in [0.05, 0.1) is 13.2 Å². The number of alkyl halides is 1. The van der Waals surface area contributed by atoms with Crippen molar-refractivity contribution in [1.29, 1.82) is 0 Å². The van der Waals surface area contributed by atoms with Gasteiger partial charge >= 0.3 is 0 Å². The Morgan fingerprint density at radius 2 is 2.07 bits per heavy atom. The highest BCUT2D eigenvalue weighted by atomic mass is 35.5. The number of hydrogen-bond acceptors (Lipinski definition) is 3. The van der Waals surface area contributed by atoms with Gasteiger partial charge in [0.15, 0.2) is 5.79 Å². The summed E-state index contributed by atoms with van der Waals surface area (Å²) < 4.78 is 11.4. The number of fused-ring (bicyclic) bond motifs is 3. The standard InChI is InChI=1S/C10H15ClO3/c11-9-3-8-7(5-12)6(9)4-10(8)13-1-2-14-10/h6-9,12H,1-5H2/t6-,7?,8-,9-/m0/s1. The summed E-state index contributed by atoms with van der Waals surface area (Å²) in [5.74, 6) is 0.589. The Labute approximate surface area is 88.3 Å². The fraction of sp³-hybridized carbons (Fsp3) is 1.00. The van der Waals surface area contributed by atoms with Gasteiger partial charge in [-0.15, -0.1) is 11.6 Å². The van der Waals surface area contributed by atoms with Crippen LogP contribution in [-0.2, 0) is 9.47 Å². The molecule has 3 aliphatic rings. The predicted octanol–water partition coefficient (Wildman–Crippen LogP) is 0.985. The first-order valence-electron chi connectivity index (χ1n) is 5.30. The zero-order valence-corrected chi connectivity index (χ0v) is 8.74. The minimum absolute atomic E-state index is 0.204. The molecule has 0 aromatic heterocycles. The Bertz CT molecular complexity index is 240. The fourth-order valence-electron chi connectivity index (χ4n) is 3.49. The van der Waals surface area contributed by atoms with Crippen LogP contribution >= 0.6 is 11.6 Å². The predicted molar refractivity (Wildman–Crippen MR) is 51.1 cm³/mol. The first kappa shape index (κ1) is 9.40. The quantitative estimate of drug-likeness (QED) is 0.667. The van der Waals surface area contributed by atoms with Crippen molar-refractivity contribution in [1.82, 2.24) is 0 Å². The molecular weight excluding hydrogens is 204 g/mol. The van der Waals surface area contributed by atoms with E-state index in [0.29, 0.717) is 25.0 Å². The third-order valence-corrected chi connectivity index (χ3v) is 4.58. The minimum Gasteiger partial charge on any atom is -0.396 e. The normalized spacial score (nSPS) is 49.3. The molecule has 1 saturated heterocycles. The highest BCUT2D eigenvalue weighted by Crippen LogP contribution is 2.59. The zero-order chi connectivity index (χ0) is 9.76. The van der Waals surface area contributed by atoms with E-state index in [2.05, 4.69) is 0 Å². The van der Waals surface area contributed by atoms with Gasteiger partial charge in [0.25, 0.3) is 0 Å². The average Bonchev–Trinajstić information content (AvgIpc) is 2.81. The Balaban J connectivity index is 1.88. The van der Waals surface area contributed by atoms with Gasteiger partial charge in [0.1, 0.15) is 0 Å². The number of rotatable bonds is 1. The minimum atomic E-state index is -0.385. The van der Waals surface area contributed by atoms with Crippen LogP contribution in [0.3, 0.4) is 0 Å². The lowest BCUT2D eigenvalue weighted by Crippen LogP contribution is -2.39. The van der Waals surface area contributed by atoms with Crippen LogP contribution in [0, 0.1) is 17.8 Å². The molecule has 0 aromatic carbocycles. The molecule has 0 radical (unpaired) electrons. The van der Waals surface area contributed by atoms with Crippen LogP contribution in [0.5, 0.6) is 0 Å². The molecule has 0 amide bonds. The Morgan fingerprint density at radius 1 is 1.36 bits per heavy atom. The summed E-state index contributed by atoms with van der Waals surface area (Å²) >= 11 is 6.22. The van der Waals surface area contributed by atoms with Gasteiger partial charge < -0.3 is 14.6 Å². The average molecular weight is 219 g/mol. The first-order chi connectivity index (χ1) is 6.77. The second-order valence-corrected chi connectivity index (χ2v) is 5.14. The van der Waals surface area contributed by atoms with Crippen molar-refractivity contribution in [2.45, 2.75) is 24.0 Å². The molecule has 3 fully saturated rings. The number of aliphatic hydroxyl groups is 1. The van der Waals surface area contributed by atoms with E-state index >= 15 is 0 Å². The van der Waals surface area contributed by atoms with Crippen molar-refractivity contribution in [3.63, 3.8) is 0 Å². The lowest BCUT2D eigenvalue weighted by Gasteiger charge is -2.33. The van der Waals surface area contributed by atoms with Crippen molar-refractivity contribution in [3.05, 3.63) is 0 Å². The molecule has 2 aliphatic carbocycles. The van der Waals surface area contributed by atoms with Crippen molar-refractivity contribution in [2.24, 2.45) is 17.8 Å². The van der Waals surface area contributed by atoms with Gasteiger partial charge in [0.2, 0.25) is 0 Å². The van der Waals surface area contributed by atoms with Gasteiger partial charge in [-0.2, -0.15) is 0 Å². The maximum absolute atomic E-state index is 9.34. The molecule has 80 valence electrons. The van der Waals surface area contributed by atoms with E-state index in [1.54, 1.807) is 0 Å². The van der Waals surface area contributed by atoms with E-state index in [1.807, 2.05) is 0 Å². The summed E-state index contributed by atoms with van der Waals surface area (Å²) in [6.07, 6.45) is 1.80. The molecule has 2 saturated carbocycles. The van der Waals surface area contributed by atoms with Gasteiger partial charge in [-0.05, 0) is 18.3 Å². The SMILES string of the molecule is OCC1[C@@H]2CC3(OCCO3)[C@H]1C[C@@H]2Cl. The van der Waals surface area contributed by atoms with Crippen LogP contribution in [0.1, 0.15) is 12.8 Å². The number of aliphatic hydroxyl groups excluding tert-OH is 1. The summed E-state index contributed by atoms with van der Waals surface area (Å²) in [5.41, 5.74) is 0. The molecule has 4 heteroatoms. The monoisotopic (exact) mass is 218 g/mol. The molecule has 3 nitrogen and oxygen atoms in total. The molecule has 1 unspecified atom stereocenters.